The molecule has 114 valence electrons. The van der Waals surface area contributed by atoms with E-state index in [1.54, 1.807) is 26.0 Å². The van der Waals surface area contributed by atoms with Crippen molar-refractivity contribution < 1.29 is 18.8 Å². The number of aryl methyl sites for hydroxylation is 2. The first-order valence-corrected chi connectivity index (χ1v) is 6.79. The molecule has 0 aliphatic carbocycles. The number of carbonyl (C=O) groups excluding carboxylic acids is 1. The molecule has 2 aromatic rings. The van der Waals surface area contributed by atoms with Gasteiger partial charge in [0.25, 0.3) is 0 Å². The highest BCUT2D eigenvalue weighted by atomic mass is 16.5. The second-order valence-corrected chi connectivity index (χ2v) is 5.12. The summed E-state index contributed by atoms with van der Waals surface area (Å²) in [5.74, 6) is 1.40. The van der Waals surface area contributed by atoms with E-state index >= 15 is 0 Å². The number of hydrogen-bond acceptors (Lipinski definition) is 6. The van der Waals surface area contributed by atoms with Gasteiger partial charge in [0.05, 0.1) is 12.8 Å². The Bertz CT molecular complexity index is 575. The molecule has 2 N–H and O–H groups in total. The Balaban J connectivity index is 1.70. The highest BCUT2D eigenvalue weighted by Crippen LogP contribution is 2.19. The van der Waals surface area contributed by atoms with Gasteiger partial charge in [-0.2, -0.15) is 4.98 Å². The normalized spacial score (nSPS) is 13.9. The van der Waals surface area contributed by atoms with Crippen LogP contribution in [0.3, 0.4) is 0 Å². The Morgan fingerprint density at radius 2 is 2.33 bits per heavy atom. The molecule has 0 fully saturated rings. The molecule has 2 heterocycles. The van der Waals surface area contributed by atoms with Crippen molar-refractivity contribution in [3.05, 3.63) is 35.9 Å². The monoisotopic (exact) mass is 293 g/mol. The summed E-state index contributed by atoms with van der Waals surface area (Å²) in [5, 5.41) is 16.6. The van der Waals surface area contributed by atoms with E-state index in [9.17, 15) is 9.90 Å². The van der Waals surface area contributed by atoms with Crippen LogP contribution in [0.2, 0.25) is 0 Å². The molecule has 2 aromatic heterocycles. The van der Waals surface area contributed by atoms with E-state index in [1.165, 1.54) is 6.26 Å². The lowest BCUT2D eigenvalue weighted by Gasteiger charge is -2.21. The van der Waals surface area contributed by atoms with Crippen molar-refractivity contribution in [3.63, 3.8) is 0 Å². The lowest BCUT2D eigenvalue weighted by Crippen LogP contribution is -2.38. The van der Waals surface area contributed by atoms with E-state index in [-0.39, 0.29) is 12.5 Å². The molecule has 0 aliphatic rings. The Morgan fingerprint density at radius 3 is 2.95 bits per heavy atom. The van der Waals surface area contributed by atoms with Crippen molar-refractivity contribution in [2.24, 2.45) is 0 Å². The summed E-state index contributed by atoms with van der Waals surface area (Å²) in [6.07, 6.45) is 2.98. The standard InChI is InChI=1S/C14H19N3O4/c1-10-16-13(21-17-10)7-3-6-12(18)15-9-14(2,19)11-5-4-8-20-11/h4-5,8,19H,3,6-7,9H2,1-2H3,(H,15,18). The van der Waals surface area contributed by atoms with Gasteiger partial charge in [0.1, 0.15) is 11.4 Å². The summed E-state index contributed by atoms with van der Waals surface area (Å²) in [5.41, 5.74) is -1.22. The van der Waals surface area contributed by atoms with E-state index in [0.717, 1.165) is 0 Å². The van der Waals surface area contributed by atoms with Crippen LogP contribution in [0, 0.1) is 6.92 Å². The Hall–Kier alpha value is -2.15. The molecule has 0 radical (unpaired) electrons. The second kappa shape index (κ2) is 6.53. The summed E-state index contributed by atoms with van der Waals surface area (Å²) in [4.78, 5) is 15.8. The van der Waals surface area contributed by atoms with Crippen LogP contribution < -0.4 is 5.32 Å². The molecule has 7 nitrogen and oxygen atoms in total. The highest BCUT2D eigenvalue weighted by molar-refractivity contribution is 5.75. The van der Waals surface area contributed by atoms with E-state index in [0.29, 0.717) is 36.7 Å². The number of furan rings is 1. The molecule has 0 bridgehead atoms. The van der Waals surface area contributed by atoms with Crippen LogP contribution in [0.5, 0.6) is 0 Å². The zero-order valence-electron chi connectivity index (χ0n) is 12.1. The molecule has 0 aliphatic heterocycles. The van der Waals surface area contributed by atoms with Gasteiger partial charge in [0, 0.05) is 12.8 Å². The summed E-state index contributed by atoms with van der Waals surface area (Å²) in [6.45, 7) is 3.43. The fraction of sp³-hybridized carbons (Fsp3) is 0.500. The van der Waals surface area contributed by atoms with Crippen molar-refractivity contribution in [3.8, 4) is 0 Å². The van der Waals surface area contributed by atoms with Crippen molar-refractivity contribution in [1.29, 1.82) is 0 Å². The van der Waals surface area contributed by atoms with Crippen LogP contribution in [-0.4, -0.2) is 27.7 Å². The van der Waals surface area contributed by atoms with E-state index < -0.39 is 5.60 Å². The first-order chi connectivity index (χ1) is 9.97. The molecular weight excluding hydrogens is 274 g/mol. The fourth-order valence-electron chi connectivity index (χ4n) is 1.87. The van der Waals surface area contributed by atoms with Gasteiger partial charge in [0.15, 0.2) is 5.82 Å². The first kappa shape index (κ1) is 15.2. The predicted molar refractivity (Wildman–Crippen MR) is 73.3 cm³/mol. The number of hydrogen-bond donors (Lipinski definition) is 2. The largest absolute Gasteiger partial charge is 0.466 e. The van der Waals surface area contributed by atoms with Crippen molar-refractivity contribution in [2.45, 2.75) is 38.7 Å². The van der Waals surface area contributed by atoms with Gasteiger partial charge in [-0.3, -0.25) is 4.79 Å². The fourth-order valence-corrected chi connectivity index (χ4v) is 1.87. The predicted octanol–water partition coefficient (Wildman–Crippen LogP) is 1.32. The van der Waals surface area contributed by atoms with Crippen LogP contribution in [0.25, 0.3) is 0 Å². The molecule has 2 rings (SSSR count). The number of nitrogens with one attached hydrogen (secondary N) is 1. The van der Waals surface area contributed by atoms with Crippen LogP contribution in [0.4, 0.5) is 0 Å². The molecule has 0 aromatic carbocycles. The lowest BCUT2D eigenvalue weighted by atomic mass is 10.0. The average Bonchev–Trinajstić information content (AvgIpc) is 3.08. The van der Waals surface area contributed by atoms with E-state index in [1.807, 2.05) is 0 Å². The molecule has 0 spiro atoms. The summed E-state index contributed by atoms with van der Waals surface area (Å²) in [7, 11) is 0. The topological polar surface area (TPSA) is 101 Å². The van der Waals surface area contributed by atoms with Crippen LogP contribution in [-0.2, 0) is 16.8 Å². The maximum absolute atomic E-state index is 11.7. The molecular formula is C14H19N3O4. The third-order valence-electron chi connectivity index (χ3n) is 3.05. The van der Waals surface area contributed by atoms with E-state index in [2.05, 4.69) is 15.5 Å². The summed E-state index contributed by atoms with van der Waals surface area (Å²) in [6, 6.07) is 3.36. The third-order valence-corrected chi connectivity index (χ3v) is 3.05. The van der Waals surface area contributed by atoms with Crippen molar-refractivity contribution in [1.82, 2.24) is 15.5 Å². The maximum Gasteiger partial charge on any atom is 0.226 e. The highest BCUT2D eigenvalue weighted by Gasteiger charge is 2.26. The quantitative estimate of drug-likeness (QED) is 0.798. The zero-order chi connectivity index (χ0) is 15.3. The minimum atomic E-state index is -1.22. The molecule has 21 heavy (non-hydrogen) atoms. The average molecular weight is 293 g/mol. The Labute approximate surface area is 122 Å². The second-order valence-electron chi connectivity index (χ2n) is 5.12. The smallest absolute Gasteiger partial charge is 0.226 e. The molecule has 1 atom stereocenters. The van der Waals surface area contributed by atoms with Crippen LogP contribution in [0.1, 0.15) is 37.2 Å². The van der Waals surface area contributed by atoms with Gasteiger partial charge in [-0.05, 0) is 32.4 Å². The van der Waals surface area contributed by atoms with Gasteiger partial charge in [-0.1, -0.05) is 5.16 Å². The number of aliphatic hydroxyl groups is 1. The summed E-state index contributed by atoms with van der Waals surface area (Å²) >= 11 is 0. The van der Waals surface area contributed by atoms with Gasteiger partial charge in [-0.25, -0.2) is 0 Å². The number of carbonyl (C=O) groups is 1. The molecule has 1 amide bonds. The van der Waals surface area contributed by atoms with Gasteiger partial charge >= 0.3 is 0 Å². The number of rotatable bonds is 7. The van der Waals surface area contributed by atoms with Gasteiger partial charge in [0.2, 0.25) is 11.8 Å². The molecule has 0 saturated carbocycles. The number of nitrogens with zero attached hydrogens (tertiary/aromatic N) is 2. The zero-order valence-corrected chi connectivity index (χ0v) is 12.1. The number of amides is 1. The SMILES string of the molecule is Cc1noc(CCCC(=O)NCC(C)(O)c2ccco2)n1. The molecule has 1 unspecified atom stereocenters. The molecule has 0 saturated heterocycles. The van der Waals surface area contributed by atoms with Crippen molar-refractivity contribution >= 4 is 5.91 Å². The maximum atomic E-state index is 11.7. The Kier molecular flexibility index (Phi) is 4.74. The van der Waals surface area contributed by atoms with Gasteiger partial charge < -0.3 is 19.4 Å². The lowest BCUT2D eigenvalue weighted by molar-refractivity contribution is -0.122. The van der Waals surface area contributed by atoms with E-state index in [4.69, 9.17) is 8.94 Å². The van der Waals surface area contributed by atoms with Crippen LogP contribution >= 0.6 is 0 Å². The summed E-state index contributed by atoms with van der Waals surface area (Å²) < 4.78 is 10.1. The van der Waals surface area contributed by atoms with Crippen molar-refractivity contribution in [2.75, 3.05) is 6.54 Å². The van der Waals surface area contributed by atoms with Gasteiger partial charge in [-0.15, -0.1) is 0 Å². The van der Waals surface area contributed by atoms with Crippen LogP contribution in [0.15, 0.2) is 27.3 Å². The first-order valence-electron chi connectivity index (χ1n) is 6.79. The Morgan fingerprint density at radius 1 is 1.52 bits per heavy atom. The molecule has 7 heteroatoms. The number of aromatic nitrogens is 2. The minimum Gasteiger partial charge on any atom is -0.466 e. The minimum absolute atomic E-state index is 0.0962. The third kappa shape index (κ3) is 4.42.